The Morgan fingerprint density at radius 2 is 1.90 bits per heavy atom. The Morgan fingerprint density at radius 1 is 1.25 bits per heavy atom. The van der Waals surface area contributed by atoms with Gasteiger partial charge in [0.15, 0.2) is 0 Å². The number of hydrogen-bond acceptors (Lipinski definition) is 3. The minimum absolute atomic E-state index is 0. The Hall–Kier alpha value is -0.710. The van der Waals surface area contributed by atoms with Crippen molar-refractivity contribution in [2.24, 2.45) is 0 Å². The lowest BCUT2D eigenvalue weighted by Gasteiger charge is -2.37. The van der Waals surface area contributed by atoms with Crippen LogP contribution in [0.1, 0.15) is 25.3 Å². The quantitative estimate of drug-likeness (QED) is 0.865. The van der Waals surface area contributed by atoms with Gasteiger partial charge in [0.1, 0.15) is 0 Å². The molecule has 1 fully saturated rings. The lowest BCUT2D eigenvalue weighted by molar-refractivity contribution is -0.134. The summed E-state index contributed by atoms with van der Waals surface area (Å²) < 4.78 is 0. The number of halogens is 1. The molecule has 5 heteroatoms. The first-order valence-corrected chi connectivity index (χ1v) is 7.90. The molecule has 0 saturated carbocycles. The van der Waals surface area contributed by atoms with Crippen LogP contribution in [0.25, 0.3) is 0 Å². The summed E-state index contributed by atoms with van der Waals surface area (Å²) in [6.07, 6.45) is 0. The second-order valence-electron chi connectivity index (χ2n) is 5.61. The van der Waals surface area contributed by atoms with Crippen molar-refractivity contribution in [3.8, 4) is 0 Å². The van der Waals surface area contributed by atoms with Crippen molar-refractivity contribution in [3.05, 3.63) is 29.8 Å². The molecule has 1 aromatic rings. The minimum Gasteiger partial charge on any atom is -0.339 e. The summed E-state index contributed by atoms with van der Waals surface area (Å²) >= 11 is 1.81. The zero-order valence-electron chi connectivity index (χ0n) is 11.8. The molecular formula is C15H21ClN2OS. The molecule has 1 N–H and O–H groups in total. The van der Waals surface area contributed by atoms with E-state index in [0.29, 0.717) is 18.0 Å². The van der Waals surface area contributed by atoms with E-state index in [9.17, 15) is 4.79 Å². The fraction of sp³-hybridized carbons (Fsp3) is 0.533. The van der Waals surface area contributed by atoms with E-state index in [1.165, 1.54) is 10.5 Å². The van der Waals surface area contributed by atoms with Crippen molar-refractivity contribution < 1.29 is 4.79 Å². The van der Waals surface area contributed by atoms with Gasteiger partial charge in [-0.15, -0.1) is 24.2 Å². The number of hydrogen-bond donors (Lipinski definition) is 1. The molecule has 0 spiro atoms. The summed E-state index contributed by atoms with van der Waals surface area (Å²) in [5.41, 5.74) is 1.22. The third kappa shape index (κ3) is 2.97. The second-order valence-corrected chi connectivity index (χ2v) is 6.68. The molecule has 0 aromatic heterocycles. The van der Waals surface area contributed by atoms with Crippen LogP contribution in [0.3, 0.4) is 0 Å². The van der Waals surface area contributed by atoms with Gasteiger partial charge in [-0.1, -0.05) is 18.2 Å². The Balaban J connectivity index is 0.00000147. The molecule has 2 heterocycles. The first kappa shape index (κ1) is 15.7. The predicted molar refractivity (Wildman–Crippen MR) is 85.8 cm³/mol. The van der Waals surface area contributed by atoms with Gasteiger partial charge < -0.3 is 10.2 Å². The van der Waals surface area contributed by atoms with Crippen LogP contribution in [-0.2, 0) is 4.79 Å². The highest BCUT2D eigenvalue weighted by Crippen LogP contribution is 2.40. The van der Waals surface area contributed by atoms with Crippen molar-refractivity contribution in [2.45, 2.75) is 36.7 Å². The van der Waals surface area contributed by atoms with Crippen LogP contribution < -0.4 is 5.32 Å². The monoisotopic (exact) mass is 312 g/mol. The van der Waals surface area contributed by atoms with E-state index >= 15 is 0 Å². The van der Waals surface area contributed by atoms with Gasteiger partial charge in [-0.3, -0.25) is 4.79 Å². The van der Waals surface area contributed by atoms with E-state index < -0.39 is 0 Å². The fourth-order valence-electron chi connectivity index (χ4n) is 3.09. The van der Waals surface area contributed by atoms with E-state index in [1.807, 2.05) is 17.0 Å². The molecule has 1 amide bonds. The number of amides is 1. The second kappa shape index (κ2) is 6.37. The van der Waals surface area contributed by atoms with E-state index in [1.54, 1.807) is 11.8 Å². The lowest BCUT2D eigenvalue weighted by Crippen LogP contribution is -2.56. The molecule has 1 aromatic carbocycles. The number of benzene rings is 1. The molecule has 20 heavy (non-hydrogen) atoms. The number of fused-ring (bicyclic) bond motifs is 1. The van der Waals surface area contributed by atoms with Gasteiger partial charge in [0.2, 0.25) is 5.91 Å². The summed E-state index contributed by atoms with van der Waals surface area (Å²) in [6, 6.07) is 9.08. The van der Waals surface area contributed by atoms with Gasteiger partial charge in [0, 0.05) is 35.8 Å². The van der Waals surface area contributed by atoms with Crippen molar-refractivity contribution in [3.63, 3.8) is 0 Å². The van der Waals surface area contributed by atoms with E-state index in [-0.39, 0.29) is 18.3 Å². The molecular weight excluding hydrogens is 292 g/mol. The number of carbonyl (C=O) groups excluding carboxylic acids is 1. The Bertz CT molecular complexity index is 487. The van der Waals surface area contributed by atoms with Gasteiger partial charge >= 0.3 is 0 Å². The molecule has 0 aliphatic carbocycles. The number of thioether (sulfide) groups is 1. The molecule has 0 radical (unpaired) electrons. The summed E-state index contributed by atoms with van der Waals surface area (Å²) in [5, 5.41) is 3.47. The molecule has 1 saturated heterocycles. The van der Waals surface area contributed by atoms with E-state index in [0.717, 1.165) is 18.8 Å². The first-order chi connectivity index (χ1) is 9.15. The normalized spacial score (nSPS) is 28.7. The zero-order chi connectivity index (χ0) is 13.4. The van der Waals surface area contributed by atoms with E-state index in [4.69, 9.17) is 0 Å². The summed E-state index contributed by atoms with van der Waals surface area (Å²) in [4.78, 5) is 16.1. The zero-order valence-corrected chi connectivity index (χ0v) is 13.5. The highest BCUT2D eigenvalue weighted by atomic mass is 35.5. The SMILES string of the molecule is CC1CN(C(=O)C2CSc3ccccc32)CC(C)N1.Cl. The topological polar surface area (TPSA) is 32.3 Å². The molecule has 2 aliphatic heterocycles. The summed E-state index contributed by atoms with van der Waals surface area (Å²) in [5.74, 6) is 1.25. The van der Waals surface area contributed by atoms with Crippen molar-refractivity contribution >= 4 is 30.1 Å². The Labute approximate surface area is 130 Å². The molecule has 110 valence electrons. The van der Waals surface area contributed by atoms with Crippen molar-refractivity contribution in [1.29, 1.82) is 0 Å². The molecule has 3 nitrogen and oxygen atoms in total. The number of piperazine rings is 1. The van der Waals surface area contributed by atoms with Crippen LogP contribution in [0.4, 0.5) is 0 Å². The minimum atomic E-state index is 0. The van der Waals surface area contributed by atoms with E-state index in [2.05, 4.69) is 31.3 Å². The molecule has 0 bridgehead atoms. The first-order valence-electron chi connectivity index (χ1n) is 6.91. The van der Waals surface area contributed by atoms with Gasteiger partial charge in [-0.2, -0.15) is 0 Å². The van der Waals surface area contributed by atoms with Crippen LogP contribution in [0.5, 0.6) is 0 Å². The van der Waals surface area contributed by atoms with Crippen LogP contribution >= 0.6 is 24.2 Å². The average Bonchev–Trinajstić information content (AvgIpc) is 2.80. The largest absolute Gasteiger partial charge is 0.339 e. The maximum Gasteiger partial charge on any atom is 0.231 e. The van der Waals surface area contributed by atoms with Crippen LogP contribution in [0, 0.1) is 0 Å². The number of carbonyl (C=O) groups is 1. The number of rotatable bonds is 1. The van der Waals surface area contributed by atoms with Gasteiger partial charge in [-0.05, 0) is 25.5 Å². The van der Waals surface area contributed by atoms with Gasteiger partial charge in [-0.25, -0.2) is 0 Å². The highest BCUT2D eigenvalue weighted by Gasteiger charge is 2.34. The molecule has 2 aliphatic rings. The highest BCUT2D eigenvalue weighted by molar-refractivity contribution is 7.99. The van der Waals surface area contributed by atoms with Gasteiger partial charge in [0.05, 0.1) is 5.92 Å². The number of nitrogens with zero attached hydrogens (tertiary/aromatic N) is 1. The lowest BCUT2D eigenvalue weighted by atomic mass is 9.98. The van der Waals surface area contributed by atoms with Gasteiger partial charge in [0.25, 0.3) is 0 Å². The molecule has 3 unspecified atom stereocenters. The Morgan fingerprint density at radius 3 is 2.60 bits per heavy atom. The Kier molecular flexibility index (Phi) is 4.99. The van der Waals surface area contributed by atoms with Crippen LogP contribution in [-0.4, -0.2) is 41.7 Å². The average molecular weight is 313 g/mol. The predicted octanol–water partition coefficient (Wildman–Crippen LogP) is 2.51. The molecule has 3 atom stereocenters. The molecule has 3 rings (SSSR count). The third-order valence-corrected chi connectivity index (χ3v) is 5.05. The standard InChI is InChI=1S/C15H20N2OS.ClH/c1-10-7-17(8-11(2)16-10)15(18)13-9-19-14-6-4-3-5-12(13)14;/h3-6,10-11,13,16H,7-9H2,1-2H3;1H. The summed E-state index contributed by atoms with van der Waals surface area (Å²) in [7, 11) is 0. The fourth-order valence-corrected chi connectivity index (χ4v) is 4.31. The van der Waals surface area contributed by atoms with Crippen LogP contribution in [0.15, 0.2) is 29.2 Å². The third-order valence-electron chi connectivity index (χ3n) is 3.87. The number of nitrogens with one attached hydrogen (secondary N) is 1. The van der Waals surface area contributed by atoms with Crippen LogP contribution in [0.2, 0.25) is 0 Å². The summed E-state index contributed by atoms with van der Waals surface area (Å²) in [6.45, 7) is 5.94. The maximum absolute atomic E-state index is 12.7. The maximum atomic E-state index is 12.7. The van der Waals surface area contributed by atoms with Crippen molar-refractivity contribution in [2.75, 3.05) is 18.8 Å². The smallest absolute Gasteiger partial charge is 0.231 e. The van der Waals surface area contributed by atoms with Crippen molar-refractivity contribution in [1.82, 2.24) is 10.2 Å².